The zero-order valence-electron chi connectivity index (χ0n) is 9.80. The fourth-order valence-electron chi connectivity index (χ4n) is 1.11. The summed E-state index contributed by atoms with van der Waals surface area (Å²) in [6.45, 7) is 1.86. The van der Waals surface area contributed by atoms with Crippen molar-refractivity contribution in [2.45, 2.75) is 32.2 Å². The van der Waals surface area contributed by atoms with E-state index in [0.29, 0.717) is 6.42 Å². The van der Waals surface area contributed by atoms with Crippen LogP contribution in [0.3, 0.4) is 0 Å². The van der Waals surface area contributed by atoms with Gasteiger partial charge in [-0.25, -0.2) is 13.1 Å². The highest BCUT2D eigenvalue weighted by Crippen LogP contribution is 2.03. The maximum absolute atomic E-state index is 11.4. The van der Waals surface area contributed by atoms with Crippen molar-refractivity contribution in [2.24, 2.45) is 0 Å². The summed E-state index contributed by atoms with van der Waals surface area (Å²) in [5, 5.41) is 8.81. The van der Waals surface area contributed by atoms with Gasteiger partial charge in [0, 0.05) is 0 Å². The van der Waals surface area contributed by atoms with Crippen LogP contribution in [0, 0.1) is 0 Å². The molecule has 0 fully saturated rings. The first kappa shape index (κ1) is 15.9. The number of aliphatic carboxylic acids is 1. The van der Waals surface area contributed by atoms with Crippen LogP contribution >= 0.6 is 0 Å². The maximum atomic E-state index is 11.4. The van der Waals surface area contributed by atoms with Crippen LogP contribution in [0.5, 0.6) is 0 Å². The minimum atomic E-state index is -3.97. The van der Waals surface area contributed by atoms with E-state index in [9.17, 15) is 18.0 Å². The van der Waals surface area contributed by atoms with Gasteiger partial charge in [0.1, 0.15) is 6.04 Å². The van der Waals surface area contributed by atoms with E-state index in [1.165, 1.54) is 0 Å². The Morgan fingerprint density at radius 3 is 2.41 bits per heavy atom. The van der Waals surface area contributed by atoms with Gasteiger partial charge in [0.25, 0.3) is 0 Å². The number of nitrogens with one attached hydrogen (secondary N) is 1. The van der Waals surface area contributed by atoms with E-state index in [4.69, 9.17) is 5.11 Å². The Bertz CT molecular complexity index is 364. The molecular weight excluding hydrogens is 250 g/mol. The van der Waals surface area contributed by atoms with Gasteiger partial charge in [0.2, 0.25) is 10.0 Å². The predicted molar refractivity (Wildman–Crippen MR) is 59.9 cm³/mol. The first-order valence-corrected chi connectivity index (χ1v) is 6.77. The van der Waals surface area contributed by atoms with Crippen LogP contribution < -0.4 is 4.72 Å². The fraction of sp³-hybridized carbons (Fsp3) is 0.778. The molecule has 0 saturated carbocycles. The van der Waals surface area contributed by atoms with Crippen molar-refractivity contribution in [1.82, 2.24) is 4.72 Å². The molecule has 0 aromatic carbocycles. The Balaban J connectivity index is 4.52. The predicted octanol–water partition coefficient (Wildman–Crippen LogP) is -0.278. The van der Waals surface area contributed by atoms with Crippen LogP contribution in [0.15, 0.2) is 0 Å². The normalized spacial score (nSPS) is 13.1. The van der Waals surface area contributed by atoms with Gasteiger partial charge in [-0.05, 0) is 6.42 Å². The first-order chi connectivity index (χ1) is 7.82. The Morgan fingerprint density at radius 1 is 1.41 bits per heavy atom. The number of rotatable bonds is 8. The maximum Gasteiger partial charge on any atom is 0.322 e. The van der Waals surface area contributed by atoms with Gasteiger partial charge in [-0.1, -0.05) is 19.8 Å². The molecule has 7 nitrogen and oxygen atoms in total. The van der Waals surface area contributed by atoms with Crippen molar-refractivity contribution in [3.63, 3.8) is 0 Å². The molecule has 1 unspecified atom stereocenters. The lowest BCUT2D eigenvalue weighted by atomic mass is 10.1. The number of carboxylic acids is 1. The summed E-state index contributed by atoms with van der Waals surface area (Å²) in [4.78, 5) is 21.6. The largest absolute Gasteiger partial charge is 0.480 e. The summed E-state index contributed by atoms with van der Waals surface area (Å²) in [5.41, 5.74) is 0. The Kier molecular flexibility index (Phi) is 6.74. The van der Waals surface area contributed by atoms with E-state index in [-0.39, 0.29) is 6.42 Å². The third-order valence-corrected chi connectivity index (χ3v) is 3.26. The second kappa shape index (κ2) is 7.23. The molecule has 0 saturated heterocycles. The van der Waals surface area contributed by atoms with Gasteiger partial charge in [-0.15, -0.1) is 0 Å². The summed E-state index contributed by atoms with van der Waals surface area (Å²) in [7, 11) is -2.91. The van der Waals surface area contributed by atoms with Crippen LogP contribution in [-0.4, -0.2) is 44.4 Å². The van der Waals surface area contributed by atoms with E-state index in [1.807, 2.05) is 11.6 Å². The molecule has 0 amide bonds. The van der Waals surface area contributed by atoms with E-state index in [0.717, 1.165) is 13.5 Å². The number of hydrogen-bond donors (Lipinski definition) is 2. The van der Waals surface area contributed by atoms with E-state index in [1.54, 1.807) is 0 Å². The van der Waals surface area contributed by atoms with E-state index in [2.05, 4.69) is 4.74 Å². The zero-order chi connectivity index (χ0) is 13.5. The smallest absolute Gasteiger partial charge is 0.322 e. The lowest BCUT2D eigenvalue weighted by Gasteiger charge is -2.13. The minimum Gasteiger partial charge on any atom is -0.480 e. The average molecular weight is 267 g/mol. The molecule has 100 valence electrons. The summed E-state index contributed by atoms with van der Waals surface area (Å²) >= 11 is 0. The molecule has 0 rings (SSSR count). The molecule has 0 aliphatic carbocycles. The lowest BCUT2D eigenvalue weighted by Crippen LogP contribution is -2.43. The second-order valence-corrected chi connectivity index (χ2v) is 5.24. The van der Waals surface area contributed by atoms with Crippen LogP contribution in [0.1, 0.15) is 26.2 Å². The molecule has 1 atom stereocenters. The van der Waals surface area contributed by atoms with Crippen molar-refractivity contribution < 1.29 is 27.9 Å². The summed E-state index contributed by atoms with van der Waals surface area (Å²) < 4.78 is 29.0. The highest BCUT2D eigenvalue weighted by molar-refractivity contribution is 7.90. The first-order valence-electron chi connectivity index (χ1n) is 5.12. The fourth-order valence-corrected chi connectivity index (χ4v) is 2.28. The number of unbranched alkanes of at least 4 members (excludes halogenated alkanes) is 1. The van der Waals surface area contributed by atoms with Gasteiger partial charge in [0.15, 0.2) is 5.75 Å². The van der Waals surface area contributed by atoms with Gasteiger partial charge in [0.05, 0.1) is 7.11 Å². The highest BCUT2D eigenvalue weighted by atomic mass is 32.2. The number of ether oxygens (including phenoxy) is 1. The average Bonchev–Trinajstić information content (AvgIpc) is 2.22. The molecular formula is C9H17NO6S. The summed E-state index contributed by atoms with van der Waals surface area (Å²) in [6.07, 6.45) is 1.52. The standard InChI is InChI=1S/C9H17NO6S/c1-3-4-5-7(9(12)13)10-17(14,15)6-8(11)16-2/h7,10H,3-6H2,1-2H3,(H,12,13). The SMILES string of the molecule is CCCCC(NS(=O)(=O)CC(=O)OC)C(=O)O. The molecule has 0 spiro atoms. The molecule has 0 heterocycles. The van der Waals surface area contributed by atoms with Crippen molar-refractivity contribution in [3.8, 4) is 0 Å². The minimum absolute atomic E-state index is 0.187. The molecule has 0 aromatic heterocycles. The van der Waals surface area contributed by atoms with Crippen molar-refractivity contribution in [3.05, 3.63) is 0 Å². The molecule has 0 radical (unpaired) electrons. The van der Waals surface area contributed by atoms with Crippen LogP contribution in [0.25, 0.3) is 0 Å². The molecule has 2 N–H and O–H groups in total. The van der Waals surface area contributed by atoms with Gasteiger partial charge in [-0.3, -0.25) is 9.59 Å². The molecule has 0 aliphatic rings. The highest BCUT2D eigenvalue weighted by Gasteiger charge is 2.25. The molecule has 0 aromatic rings. The topological polar surface area (TPSA) is 110 Å². The number of carbonyl (C=O) groups excluding carboxylic acids is 1. The Hall–Kier alpha value is -1.15. The van der Waals surface area contributed by atoms with Gasteiger partial charge in [-0.2, -0.15) is 0 Å². The third-order valence-electron chi connectivity index (χ3n) is 2.00. The number of methoxy groups -OCH3 is 1. The van der Waals surface area contributed by atoms with Crippen LogP contribution in [0.4, 0.5) is 0 Å². The van der Waals surface area contributed by atoms with Crippen molar-refractivity contribution in [1.29, 1.82) is 0 Å². The van der Waals surface area contributed by atoms with Crippen LogP contribution in [0.2, 0.25) is 0 Å². The lowest BCUT2D eigenvalue weighted by molar-refractivity contribution is -0.140. The molecule has 8 heteroatoms. The van der Waals surface area contributed by atoms with Crippen molar-refractivity contribution >= 4 is 22.0 Å². The second-order valence-electron chi connectivity index (χ2n) is 3.49. The number of hydrogen-bond acceptors (Lipinski definition) is 5. The Labute approximate surface area is 100 Å². The van der Waals surface area contributed by atoms with E-state index < -0.39 is 33.8 Å². The van der Waals surface area contributed by atoms with E-state index >= 15 is 0 Å². The number of sulfonamides is 1. The number of esters is 1. The van der Waals surface area contributed by atoms with Crippen LogP contribution in [-0.2, 0) is 24.3 Å². The van der Waals surface area contributed by atoms with Gasteiger partial charge < -0.3 is 9.84 Å². The summed E-state index contributed by atoms with van der Waals surface area (Å²) in [6, 6.07) is -1.20. The molecule has 0 bridgehead atoms. The quantitative estimate of drug-likeness (QED) is 0.585. The molecule has 0 aliphatic heterocycles. The number of carbonyl (C=O) groups is 2. The zero-order valence-corrected chi connectivity index (χ0v) is 10.6. The van der Waals surface area contributed by atoms with Gasteiger partial charge >= 0.3 is 11.9 Å². The monoisotopic (exact) mass is 267 g/mol. The Morgan fingerprint density at radius 2 is 2.00 bits per heavy atom. The van der Waals surface area contributed by atoms with Crippen molar-refractivity contribution in [2.75, 3.05) is 12.9 Å². The molecule has 17 heavy (non-hydrogen) atoms. The summed E-state index contributed by atoms with van der Waals surface area (Å²) in [5.74, 6) is -3.07. The third kappa shape index (κ3) is 6.90. The number of carboxylic acid groups (broad SMARTS) is 1.